The molecule has 31 heavy (non-hydrogen) atoms. The Kier molecular flexibility index (Phi) is 5.49. The van der Waals surface area contributed by atoms with Crippen molar-refractivity contribution in [2.75, 3.05) is 0 Å². The monoisotopic (exact) mass is 426 g/mol. The molecule has 1 heterocycles. The van der Waals surface area contributed by atoms with Crippen molar-refractivity contribution in [2.24, 2.45) is 40.4 Å². The summed E-state index contributed by atoms with van der Waals surface area (Å²) in [6, 6.07) is 0. The number of fused-ring (bicyclic) bond motifs is 5. The molecule has 5 rings (SSSR count). The number of aliphatic hydroxyl groups excluding tert-OH is 1. The van der Waals surface area contributed by atoms with E-state index in [1.54, 1.807) is 12.4 Å². The Bertz CT molecular complexity index is 783. The molecule has 0 amide bonds. The zero-order valence-electron chi connectivity index (χ0n) is 19.8. The average Bonchev–Trinajstić information content (AvgIpc) is 3.12. The smallest absolute Gasteiger partial charge is 0.0656 e. The van der Waals surface area contributed by atoms with Crippen molar-refractivity contribution in [3.8, 4) is 0 Å². The van der Waals surface area contributed by atoms with Crippen LogP contribution >= 0.6 is 0 Å². The highest BCUT2D eigenvalue weighted by atomic mass is 16.3. The molecule has 0 aromatic carbocycles. The number of aromatic nitrogens is 2. The molecule has 0 aliphatic heterocycles. The van der Waals surface area contributed by atoms with Gasteiger partial charge in [-0.2, -0.15) is 0 Å². The minimum atomic E-state index is -0.649. The van der Waals surface area contributed by atoms with Gasteiger partial charge < -0.3 is 10.2 Å². The Morgan fingerprint density at radius 1 is 1.00 bits per heavy atom. The molecule has 0 bridgehead atoms. The van der Waals surface area contributed by atoms with Gasteiger partial charge in [-0.25, -0.2) is 0 Å². The number of rotatable bonds is 4. The maximum Gasteiger partial charge on any atom is 0.0656 e. The third kappa shape index (κ3) is 3.57. The second-order valence-corrected chi connectivity index (χ2v) is 12.3. The summed E-state index contributed by atoms with van der Waals surface area (Å²) in [5.41, 5.74) is 1.02. The van der Waals surface area contributed by atoms with Crippen molar-refractivity contribution < 1.29 is 10.2 Å². The van der Waals surface area contributed by atoms with E-state index in [9.17, 15) is 10.2 Å². The molecule has 4 aliphatic rings. The van der Waals surface area contributed by atoms with Crippen molar-refractivity contribution in [1.82, 2.24) is 9.97 Å². The first-order valence-electron chi connectivity index (χ1n) is 12.9. The molecule has 2 N–H and O–H groups in total. The summed E-state index contributed by atoms with van der Waals surface area (Å²) in [4.78, 5) is 8.61. The molecule has 4 aliphatic carbocycles. The van der Waals surface area contributed by atoms with Gasteiger partial charge in [0.05, 0.1) is 17.4 Å². The van der Waals surface area contributed by atoms with Gasteiger partial charge in [-0.05, 0) is 118 Å². The Morgan fingerprint density at radius 2 is 1.77 bits per heavy atom. The fraction of sp³-hybridized carbons (Fsp3) is 0.852. The topological polar surface area (TPSA) is 66.2 Å². The standard InChI is InChI=1S/C27H42N2O2/c1-25-11-9-20(30)16-18(25)4-5-21-22-6-7-24(26(22,2)12-10-23(21)25)27(3,31)13-8-19-17-28-14-15-29-19/h14-15,17-18,20-24,30-31H,4-13,16H2,1-3H3/t18?,20-,21-,22-,23-,24-,25-,26-,27?/m0/s1. The molecule has 172 valence electrons. The number of hydrogen-bond acceptors (Lipinski definition) is 4. The van der Waals surface area contributed by atoms with Gasteiger partial charge in [0.25, 0.3) is 0 Å². The van der Waals surface area contributed by atoms with E-state index in [4.69, 9.17) is 0 Å². The molecule has 2 unspecified atom stereocenters. The number of aryl methyl sites for hydroxylation is 1. The van der Waals surface area contributed by atoms with Crippen LogP contribution in [0.5, 0.6) is 0 Å². The van der Waals surface area contributed by atoms with Crippen LogP contribution in [0.15, 0.2) is 18.6 Å². The predicted molar refractivity (Wildman–Crippen MR) is 122 cm³/mol. The van der Waals surface area contributed by atoms with Crippen molar-refractivity contribution in [3.05, 3.63) is 24.3 Å². The Labute approximate surface area is 188 Å². The van der Waals surface area contributed by atoms with Gasteiger partial charge in [-0.1, -0.05) is 13.8 Å². The largest absolute Gasteiger partial charge is 0.393 e. The maximum absolute atomic E-state index is 11.7. The quantitative estimate of drug-likeness (QED) is 0.696. The van der Waals surface area contributed by atoms with Gasteiger partial charge >= 0.3 is 0 Å². The van der Waals surface area contributed by atoms with Gasteiger partial charge in [0.1, 0.15) is 0 Å². The Balaban J connectivity index is 1.33. The number of aliphatic hydroxyl groups is 2. The van der Waals surface area contributed by atoms with E-state index in [2.05, 4.69) is 30.7 Å². The highest BCUT2D eigenvalue weighted by molar-refractivity contribution is 5.12. The molecule has 4 fully saturated rings. The zero-order chi connectivity index (χ0) is 21.9. The number of nitrogens with zero attached hydrogens (tertiary/aromatic N) is 2. The lowest BCUT2D eigenvalue weighted by atomic mass is 9.44. The molecule has 9 atom stereocenters. The van der Waals surface area contributed by atoms with Gasteiger partial charge in [-0.15, -0.1) is 0 Å². The Morgan fingerprint density at radius 3 is 2.55 bits per heavy atom. The summed E-state index contributed by atoms with van der Waals surface area (Å²) < 4.78 is 0. The first kappa shape index (κ1) is 21.8. The van der Waals surface area contributed by atoms with E-state index >= 15 is 0 Å². The van der Waals surface area contributed by atoms with Crippen LogP contribution in [-0.2, 0) is 6.42 Å². The van der Waals surface area contributed by atoms with E-state index in [0.717, 1.165) is 55.6 Å². The summed E-state index contributed by atoms with van der Waals surface area (Å²) in [6.07, 6.45) is 17.7. The third-order valence-corrected chi connectivity index (χ3v) is 10.9. The zero-order valence-corrected chi connectivity index (χ0v) is 19.8. The normalized spacial score (nSPS) is 46.5. The summed E-state index contributed by atoms with van der Waals surface area (Å²) in [5, 5.41) is 21.9. The maximum atomic E-state index is 11.7. The second-order valence-electron chi connectivity index (χ2n) is 12.3. The van der Waals surface area contributed by atoms with Crippen molar-refractivity contribution in [2.45, 2.75) is 103 Å². The van der Waals surface area contributed by atoms with Gasteiger partial charge in [0.15, 0.2) is 0 Å². The summed E-state index contributed by atoms with van der Waals surface area (Å²) >= 11 is 0. The second kappa shape index (κ2) is 7.80. The van der Waals surface area contributed by atoms with Crippen LogP contribution in [0.3, 0.4) is 0 Å². The SMILES string of the molecule is CC(O)(CCc1cnccn1)[C@H]1CC[C@H]2[C@@H]3CCC4C[C@@H](O)CC[C@]4(C)[C@H]3CC[C@]12C. The minimum absolute atomic E-state index is 0.0660. The molecule has 1 aromatic heterocycles. The van der Waals surface area contributed by atoms with Crippen LogP contribution in [0, 0.1) is 40.4 Å². The van der Waals surface area contributed by atoms with Gasteiger partial charge in [0.2, 0.25) is 0 Å². The van der Waals surface area contributed by atoms with Crippen LogP contribution in [0.4, 0.5) is 0 Å². The van der Waals surface area contributed by atoms with Crippen LogP contribution < -0.4 is 0 Å². The molecular weight excluding hydrogens is 384 g/mol. The van der Waals surface area contributed by atoms with Gasteiger partial charge in [-0.3, -0.25) is 9.97 Å². The fourth-order valence-electron chi connectivity index (χ4n) is 9.27. The lowest BCUT2D eigenvalue weighted by Crippen LogP contribution is -2.55. The summed E-state index contributed by atoms with van der Waals surface area (Å²) in [7, 11) is 0. The van der Waals surface area contributed by atoms with Crippen LogP contribution in [-0.4, -0.2) is 31.9 Å². The molecule has 1 aromatic rings. The molecule has 4 saturated carbocycles. The van der Waals surface area contributed by atoms with E-state index < -0.39 is 5.60 Å². The van der Waals surface area contributed by atoms with Crippen LogP contribution in [0.1, 0.15) is 90.7 Å². The summed E-state index contributed by atoms with van der Waals surface area (Å²) in [5.74, 6) is 3.48. The van der Waals surface area contributed by atoms with E-state index in [0.29, 0.717) is 17.3 Å². The first-order chi connectivity index (χ1) is 14.7. The molecule has 4 heteroatoms. The average molecular weight is 427 g/mol. The van der Waals surface area contributed by atoms with Crippen LogP contribution in [0.2, 0.25) is 0 Å². The van der Waals surface area contributed by atoms with E-state index in [1.807, 2.05) is 6.20 Å². The number of hydrogen-bond donors (Lipinski definition) is 2. The lowest BCUT2D eigenvalue weighted by molar-refractivity contribution is -0.144. The highest BCUT2D eigenvalue weighted by Gasteiger charge is 2.62. The molecule has 4 nitrogen and oxygen atoms in total. The summed E-state index contributed by atoms with van der Waals surface area (Å²) in [6.45, 7) is 7.17. The van der Waals surface area contributed by atoms with Crippen molar-refractivity contribution in [3.63, 3.8) is 0 Å². The van der Waals surface area contributed by atoms with Crippen molar-refractivity contribution >= 4 is 0 Å². The minimum Gasteiger partial charge on any atom is -0.393 e. The lowest BCUT2D eigenvalue weighted by Gasteiger charge is -2.61. The van der Waals surface area contributed by atoms with Gasteiger partial charge in [0, 0.05) is 18.6 Å². The van der Waals surface area contributed by atoms with Crippen LogP contribution in [0.25, 0.3) is 0 Å². The predicted octanol–water partition coefficient (Wildman–Crippen LogP) is 5.18. The fourth-order valence-corrected chi connectivity index (χ4v) is 9.27. The van der Waals surface area contributed by atoms with E-state index in [1.165, 1.54) is 38.5 Å². The molecular formula is C27H42N2O2. The molecule has 0 radical (unpaired) electrons. The van der Waals surface area contributed by atoms with E-state index in [-0.39, 0.29) is 11.5 Å². The first-order valence-corrected chi connectivity index (χ1v) is 12.9. The molecule has 0 spiro atoms. The highest BCUT2D eigenvalue weighted by Crippen LogP contribution is 2.68. The molecule has 0 saturated heterocycles. The van der Waals surface area contributed by atoms with Crippen molar-refractivity contribution in [1.29, 1.82) is 0 Å². The third-order valence-electron chi connectivity index (χ3n) is 10.9. The Hall–Kier alpha value is -1.00.